The van der Waals surface area contributed by atoms with Gasteiger partial charge in [-0.05, 0) is 43.8 Å². The molecule has 0 aliphatic carbocycles. The highest BCUT2D eigenvalue weighted by Crippen LogP contribution is 2.47. The Hall–Kier alpha value is 0.0900. The first kappa shape index (κ1) is 10.6. The van der Waals surface area contributed by atoms with Crippen LogP contribution in [-0.4, -0.2) is 9.85 Å². The molecule has 0 aromatic heterocycles. The van der Waals surface area contributed by atoms with E-state index in [4.69, 9.17) is 11.6 Å². The second-order valence-electron chi connectivity index (χ2n) is 2.48. The summed E-state index contributed by atoms with van der Waals surface area (Å²) in [6, 6.07) is 1.46. The van der Waals surface area contributed by atoms with E-state index in [1.807, 2.05) is 0 Å². The van der Waals surface area contributed by atoms with Crippen molar-refractivity contribution in [1.82, 2.24) is 4.72 Å². The molecule has 0 fully saturated rings. The first-order valence-electron chi connectivity index (χ1n) is 3.47. The summed E-state index contributed by atoms with van der Waals surface area (Å²) in [5, 5.41) is 10.1. The largest absolute Gasteiger partial charge is 0.506 e. The molecule has 1 aromatic rings. The van der Waals surface area contributed by atoms with Gasteiger partial charge in [0.1, 0.15) is 11.4 Å². The number of fused-ring (bicyclic) bond motifs is 1. The lowest BCUT2D eigenvalue weighted by atomic mass is 10.3. The zero-order chi connectivity index (χ0) is 10.3. The topological polar surface area (TPSA) is 44.6 Å². The number of phenols is 1. The molecule has 7 heteroatoms. The van der Waals surface area contributed by atoms with Gasteiger partial charge >= 0.3 is 0 Å². The molecular weight excluding hydrogens is 355 g/mol. The normalized spacial score (nSPS) is 14.4. The van der Waals surface area contributed by atoms with Crippen LogP contribution in [0.15, 0.2) is 20.4 Å². The number of rotatable bonds is 0. The molecule has 0 amide bonds. The second-order valence-corrected chi connectivity index (χ2v) is 5.24. The highest BCUT2D eigenvalue weighted by molar-refractivity contribution is 9.18. The van der Waals surface area contributed by atoms with Crippen molar-refractivity contribution in [2.24, 2.45) is 4.99 Å². The molecule has 0 saturated heterocycles. The number of phenolic OH excluding ortho intramolecular Hbond substituents is 1. The van der Waals surface area contributed by atoms with Crippen molar-refractivity contribution in [3.63, 3.8) is 0 Å². The number of halogens is 3. The van der Waals surface area contributed by atoms with E-state index in [-0.39, 0.29) is 5.75 Å². The fourth-order valence-electron chi connectivity index (χ4n) is 0.996. The number of amidine groups is 1. The summed E-state index contributed by atoms with van der Waals surface area (Å²) >= 11 is 13.7. The van der Waals surface area contributed by atoms with Crippen molar-refractivity contribution in [1.29, 1.82) is 0 Å². The molecule has 0 saturated carbocycles. The summed E-state index contributed by atoms with van der Waals surface area (Å²) in [6.45, 7) is 0. The van der Waals surface area contributed by atoms with Crippen LogP contribution in [0.2, 0.25) is 5.02 Å². The molecule has 74 valence electrons. The third-order valence-corrected chi connectivity index (χ3v) is 4.72. The van der Waals surface area contributed by atoms with Crippen LogP contribution in [0.25, 0.3) is 0 Å². The Kier molecular flexibility index (Phi) is 2.97. The van der Waals surface area contributed by atoms with E-state index in [0.29, 0.717) is 15.5 Å². The van der Waals surface area contributed by atoms with Crippen LogP contribution < -0.4 is 4.72 Å². The highest BCUT2D eigenvalue weighted by atomic mass is 79.9. The lowest BCUT2D eigenvalue weighted by Crippen LogP contribution is -2.11. The Morgan fingerprint density at radius 2 is 2.21 bits per heavy atom. The molecule has 2 N–H and O–H groups in total. The zero-order valence-corrected chi connectivity index (χ0v) is 11.3. The van der Waals surface area contributed by atoms with Crippen LogP contribution in [0.1, 0.15) is 0 Å². The molecule has 1 aliphatic rings. The van der Waals surface area contributed by atoms with Gasteiger partial charge in [-0.15, -0.1) is 0 Å². The van der Waals surface area contributed by atoms with Crippen LogP contribution in [0.3, 0.4) is 0 Å². The quantitative estimate of drug-likeness (QED) is 0.548. The van der Waals surface area contributed by atoms with E-state index in [9.17, 15) is 5.11 Å². The van der Waals surface area contributed by atoms with E-state index in [0.717, 1.165) is 9.37 Å². The predicted octanol–water partition coefficient (Wildman–Crippen LogP) is 3.80. The minimum absolute atomic E-state index is 0.0687. The van der Waals surface area contributed by atoms with Crippen molar-refractivity contribution in [3.05, 3.63) is 15.6 Å². The smallest absolute Gasteiger partial charge is 0.181 e. The lowest BCUT2D eigenvalue weighted by molar-refractivity contribution is 0.475. The molecule has 0 radical (unpaired) electrons. The van der Waals surface area contributed by atoms with E-state index < -0.39 is 0 Å². The monoisotopic (exact) mass is 356 g/mol. The van der Waals surface area contributed by atoms with E-state index in [2.05, 4.69) is 41.6 Å². The average Bonchev–Trinajstić information content (AvgIpc) is 2.14. The van der Waals surface area contributed by atoms with Gasteiger partial charge < -0.3 is 9.83 Å². The summed E-state index contributed by atoms with van der Waals surface area (Å²) in [7, 11) is 0. The minimum atomic E-state index is 0.0687. The van der Waals surface area contributed by atoms with E-state index in [1.54, 1.807) is 0 Å². The van der Waals surface area contributed by atoms with Gasteiger partial charge in [0.25, 0.3) is 0 Å². The SMILES string of the molecule is Oc1cc(Cl)c(Br)c2c1N=C(Br)NS2. The van der Waals surface area contributed by atoms with Gasteiger partial charge in [0.2, 0.25) is 0 Å². The minimum Gasteiger partial charge on any atom is -0.506 e. The predicted molar refractivity (Wildman–Crippen MR) is 65.8 cm³/mol. The summed E-state index contributed by atoms with van der Waals surface area (Å²) in [5.74, 6) is 0.0687. The molecule has 0 spiro atoms. The molecule has 14 heavy (non-hydrogen) atoms. The van der Waals surface area contributed by atoms with Crippen molar-refractivity contribution >= 4 is 65.8 Å². The molecule has 0 unspecified atom stereocenters. The van der Waals surface area contributed by atoms with Gasteiger partial charge in [-0.1, -0.05) is 11.6 Å². The van der Waals surface area contributed by atoms with Gasteiger partial charge in [0, 0.05) is 6.07 Å². The number of nitrogens with one attached hydrogen (secondary N) is 1. The molecular formula is C7H3Br2ClN2OS. The maximum atomic E-state index is 9.61. The Bertz CT molecular complexity index is 438. The van der Waals surface area contributed by atoms with Crippen molar-refractivity contribution in [3.8, 4) is 5.75 Å². The number of hydrogen-bond acceptors (Lipinski definition) is 4. The average molecular weight is 358 g/mol. The first-order valence-corrected chi connectivity index (χ1v) is 6.25. The van der Waals surface area contributed by atoms with Crippen molar-refractivity contribution in [2.45, 2.75) is 4.90 Å². The molecule has 1 heterocycles. The Morgan fingerprint density at radius 3 is 2.93 bits per heavy atom. The second kappa shape index (κ2) is 3.92. The molecule has 0 atom stereocenters. The third-order valence-electron chi connectivity index (χ3n) is 1.58. The molecule has 1 aromatic carbocycles. The summed E-state index contributed by atoms with van der Waals surface area (Å²) in [6.07, 6.45) is 0. The number of hydrogen-bond donors (Lipinski definition) is 2. The fourth-order valence-corrected chi connectivity index (χ4v) is 2.89. The molecule has 1 aliphatic heterocycles. The van der Waals surface area contributed by atoms with Crippen LogP contribution in [0, 0.1) is 0 Å². The third kappa shape index (κ3) is 1.76. The maximum Gasteiger partial charge on any atom is 0.181 e. The number of benzene rings is 1. The van der Waals surface area contributed by atoms with Crippen LogP contribution in [-0.2, 0) is 0 Å². The Morgan fingerprint density at radius 1 is 1.50 bits per heavy atom. The summed E-state index contributed by atoms with van der Waals surface area (Å²) in [4.78, 5) is 4.89. The number of nitrogens with zero attached hydrogens (tertiary/aromatic N) is 1. The highest BCUT2D eigenvalue weighted by Gasteiger charge is 2.19. The van der Waals surface area contributed by atoms with Crippen LogP contribution in [0.4, 0.5) is 5.69 Å². The van der Waals surface area contributed by atoms with Crippen LogP contribution in [0.5, 0.6) is 5.75 Å². The Labute approximate surface area is 106 Å². The lowest BCUT2D eigenvalue weighted by Gasteiger charge is -2.16. The van der Waals surface area contributed by atoms with Gasteiger partial charge in [0.05, 0.1) is 14.4 Å². The van der Waals surface area contributed by atoms with Gasteiger partial charge in [-0.3, -0.25) is 0 Å². The molecule has 0 bridgehead atoms. The Balaban J connectivity index is 2.70. The van der Waals surface area contributed by atoms with E-state index >= 15 is 0 Å². The molecule has 3 nitrogen and oxygen atoms in total. The number of aliphatic imine (C=N–C) groups is 1. The molecule has 2 rings (SSSR count). The van der Waals surface area contributed by atoms with Gasteiger partial charge in [-0.2, -0.15) is 0 Å². The number of aromatic hydroxyl groups is 1. The van der Waals surface area contributed by atoms with Crippen LogP contribution >= 0.6 is 55.4 Å². The van der Waals surface area contributed by atoms with E-state index in [1.165, 1.54) is 18.0 Å². The first-order chi connectivity index (χ1) is 6.59. The summed E-state index contributed by atoms with van der Waals surface area (Å²) < 4.78 is 4.22. The van der Waals surface area contributed by atoms with Crippen molar-refractivity contribution < 1.29 is 5.11 Å². The van der Waals surface area contributed by atoms with Gasteiger partial charge in [-0.25, -0.2) is 4.99 Å². The summed E-state index contributed by atoms with van der Waals surface area (Å²) in [5.41, 5.74) is 0.511. The standard InChI is InChI=1S/C7H3Br2ClN2OS/c8-4-2(10)1-3(13)5-6(4)14-12-7(9)11-5/h1,13H,(H,11,12). The van der Waals surface area contributed by atoms with Gasteiger partial charge in [0.15, 0.2) is 4.74 Å². The maximum absolute atomic E-state index is 9.61. The van der Waals surface area contributed by atoms with Crippen molar-refractivity contribution in [2.75, 3.05) is 0 Å². The zero-order valence-electron chi connectivity index (χ0n) is 6.51. The fraction of sp³-hybridized carbons (Fsp3) is 0.